The zero-order valence-electron chi connectivity index (χ0n) is 16.6. The van der Waals surface area contributed by atoms with E-state index >= 15 is 0 Å². The van der Waals surface area contributed by atoms with Crippen molar-refractivity contribution in [3.8, 4) is 11.3 Å². The van der Waals surface area contributed by atoms with E-state index in [0.29, 0.717) is 42.6 Å². The number of nitrogens with one attached hydrogen (secondary N) is 2. The number of amides is 2. The minimum Gasteiger partial charge on any atom is -0.353 e. The Bertz CT molecular complexity index is 1180. The van der Waals surface area contributed by atoms with Crippen molar-refractivity contribution in [2.24, 2.45) is 5.92 Å². The molecule has 0 bridgehead atoms. The average molecular weight is 427 g/mol. The van der Waals surface area contributed by atoms with E-state index in [0.717, 1.165) is 11.6 Å². The first-order valence-corrected chi connectivity index (χ1v) is 10.2. The molecule has 3 aromatic rings. The quantitative estimate of drug-likeness (QED) is 0.670. The highest BCUT2D eigenvalue weighted by Gasteiger charge is 2.40. The normalized spacial score (nSPS) is 21.1. The zero-order chi connectivity index (χ0) is 21.7. The number of halogens is 3. The van der Waals surface area contributed by atoms with Crippen LogP contribution in [0.3, 0.4) is 0 Å². The molecule has 1 saturated carbocycles. The number of aromatic nitrogens is 1. The van der Waals surface area contributed by atoms with Crippen LogP contribution in [0.2, 0.25) is 0 Å². The minimum absolute atomic E-state index is 0.0599. The second-order valence-electron chi connectivity index (χ2n) is 8.21. The summed E-state index contributed by atoms with van der Waals surface area (Å²) in [6, 6.07) is 7.93. The largest absolute Gasteiger partial charge is 0.353 e. The monoisotopic (exact) mass is 427 g/mol. The summed E-state index contributed by atoms with van der Waals surface area (Å²) >= 11 is 0. The summed E-state index contributed by atoms with van der Waals surface area (Å²) in [5.74, 6) is -2.32. The fourth-order valence-corrected chi connectivity index (χ4v) is 4.65. The lowest BCUT2D eigenvalue weighted by molar-refractivity contribution is -0.144. The summed E-state index contributed by atoms with van der Waals surface area (Å²) < 4.78 is 41.9. The number of rotatable bonds is 3. The third-order valence-corrected chi connectivity index (χ3v) is 6.24. The molecule has 5 rings (SSSR count). The third-order valence-electron chi connectivity index (χ3n) is 6.24. The number of aromatic amines is 1. The van der Waals surface area contributed by atoms with Crippen LogP contribution >= 0.6 is 0 Å². The molecule has 160 valence electrons. The van der Waals surface area contributed by atoms with Gasteiger partial charge in [-0.1, -0.05) is 0 Å². The molecule has 2 heterocycles. The summed E-state index contributed by atoms with van der Waals surface area (Å²) in [4.78, 5) is 29.0. The lowest BCUT2D eigenvalue weighted by atomic mass is 9.69. The highest BCUT2D eigenvalue weighted by atomic mass is 19.1. The maximum atomic E-state index is 14.5. The first-order chi connectivity index (χ1) is 14.9. The van der Waals surface area contributed by atoms with Crippen molar-refractivity contribution in [3.63, 3.8) is 0 Å². The molecule has 0 atom stereocenters. The predicted octanol–water partition coefficient (Wildman–Crippen LogP) is 3.70. The number of carbonyl (C=O) groups is 2. The first-order valence-electron chi connectivity index (χ1n) is 10.2. The number of H-pyrrole nitrogens is 1. The van der Waals surface area contributed by atoms with E-state index in [2.05, 4.69) is 10.3 Å². The molecule has 8 heteroatoms. The molecule has 5 nitrogen and oxygen atoms in total. The van der Waals surface area contributed by atoms with Crippen molar-refractivity contribution < 1.29 is 22.8 Å². The van der Waals surface area contributed by atoms with Crippen LogP contribution < -0.4 is 5.32 Å². The second kappa shape index (κ2) is 7.44. The van der Waals surface area contributed by atoms with Gasteiger partial charge in [-0.3, -0.25) is 9.59 Å². The highest BCUT2D eigenvalue weighted by molar-refractivity contribution is 5.93. The van der Waals surface area contributed by atoms with Crippen LogP contribution in [0.25, 0.3) is 22.2 Å². The summed E-state index contributed by atoms with van der Waals surface area (Å²) in [5, 5.41) is 3.13. The van der Waals surface area contributed by atoms with Crippen LogP contribution in [0, 0.1) is 23.4 Å². The molecule has 2 aromatic carbocycles. The van der Waals surface area contributed by atoms with Crippen LogP contribution in [0.15, 0.2) is 36.4 Å². The number of piperazine rings is 1. The average Bonchev–Trinajstić information content (AvgIpc) is 3.07. The SMILES string of the molecule is O=C1CN(C(=O)[C@H]2C[C@H](c3c(-c4ccc(F)cc4)[nH]c4c(F)cc(F)cc43)C2)CCN1. The lowest BCUT2D eigenvalue weighted by Gasteiger charge is -2.39. The molecule has 1 aliphatic heterocycles. The summed E-state index contributed by atoms with van der Waals surface area (Å²) in [5.41, 5.74) is 2.20. The van der Waals surface area contributed by atoms with E-state index in [9.17, 15) is 22.8 Å². The Labute approximate surface area is 176 Å². The van der Waals surface area contributed by atoms with Gasteiger partial charge < -0.3 is 15.2 Å². The minimum atomic E-state index is -0.698. The third kappa shape index (κ3) is 3.45. The molecular weight excluding hydrogens is 407 g/mol. The fourth-order valence-electron chi connectivity index (χ4n) is 4.65. The van der Waals surface area contributed by atoms with Gasteiger partial charge in [-0.25, -0.2) is 13.2 Å². The number of hydrogen-bond donors (Lipinski definition) is 2. The van der Waals surface area contributed by atoms with Crippen molar-refractivity contribution in [3.05, 3.63) is 59.4 Å². The maximum absolute atomic E-state index is 14.5. The molecule has 1 aromatic heterocycles. The molecule has 31 heavy (non-hydrogen) atoms. The molecule has 1 saturated heterocycles. The number of fused-ring (bicyclic) bond motifs is 1. The first kappa shape index (κ1) is 19.7. The van der Waals surface area contributed by atoms with Gasteiger partial charge >= 0.3 is 0 Å². The Morgan fingerprint density at radius 2 is 1.77 bits per heavy atom. The molecule has 1 aliphatic carbocycles. The van der Waals surface area contributed by atoms with Crippen LogP contribution in [-0.4, -0.2) is 41.3 Å². The van der Waals surface area contributed by atoms with Gasteiger partial charge in [0.2, 0.25) is 11.8 Å². The van der Waals surface area contributed by atoms with E-state index < -0.39 is 17.5 Å². The van der Waals surface area contributed by atoms with E-state index in [4.69, 9.17) is 0 Å². The Hall–Kier alpha value is -3.29. The van der Waals surface area contributed by atoms with E-state index in [-0.39, 0.29) is 35.7 Å². The van der Waals surface area contributed by atoms with Gasteiger partial charge in [-0.2, -0.15) is 0 Å². The number of benzene rings is 2. The summed E-state index contributed by atoms with van der Waals surface area (Å²) in [6.07, 6.45) is 1.05. The number of nitrogens with zero attached hydrogens (tertiary/aromatic N) is 1. The lowest BCUT2D eigenvalue weighted by Crippen LogP contribution is -2.52. The Balaban J connectivity index is 1.48. The second-order valence-corrected chi connectivity index (χ2v) is 8.21. The summed E-state index contributed by atoms with van der Waals surface area (Å²) in [7, 11) is 0. The molecular formula is C23H20F3N3O2. The van der Waals surface area contributed by atoms with Crippen molar-refractivity contribution in [1.82, 2.24) is 15.2 Å². The van der Waals surface area contributed by atoms with Crippen molar-refractivity contribution in [2.75, 3.05) is 19.6 Å². The Kier molecular flexibility index (Phi) is 4.72. The van der Waals surface area contributed by atoms with Crippen LogP contribution in [0.5, 0.6) is 0 Å². The van der Waals surface area contributed by atoms with Gasteiger partial charge in [-0.15, -0.1) is 0 Å². The van der Waals surface area contributed by atoms with Crippen molar-refractivity contribution >= 4 is 22.7 Å². The van der Waals surface area contributed by atoms with Crippen molar-refractivity contribution in [2.45, 2.75) is 18.8 Å². The van der Waals surface area contributed by atoms with Gasteiger partial charge in [-0.05, 0) is 60.2 Å². The maximum Gasteiger partial charge on any atom is 0.239 e. The smallest absolute Gasteiger partial charge is 0.239 e. The van der Waals surface area contributed by atoms with Crippen LogP contribution in [0.1, 0.15) is 24.3 Å². The molecule has 2 N–H and O–H groups in total. The van der Waals surface area contributed by atoms with Crippen molar-refractivity contribution in [1.29, 1.82) is 0 Å². The van der Waals surface area contributed by atoms with Crippen LogP contribution in [-0.2, 0) is 9.59 Å². The predicted molar refractivity (Wildman–Crippen MR) is 109 cm³/mol. The van der Waals surface area contributed by atoms with E-state index in [1.807, 2.05) is 0 Å². The van der Waals surface area contributed by atoms with Gasteiger partial charge in [0.1, 0.15) is 17.5 Å². The molecule has 0 spiro atoms. The molecule has 2 amide bonds. The summed E-state index contributed by atoms with van der Waals surface area (Å²) in [6.45, 7) is 0.983. The number of hydrogen-bond acceptors (Lipinski definition) is 2. The van der Waals surface area contributed by atoms with Gasteiger partial charge in [0, 0.05) is 30.5 Å². The van der Waals surface area contributed by atoms with Crippen LogP contribution in [0.4, 0.5) is 13.2 Å². The Morgan fingerprint density at radius 1 is 1.03 bits per heavy atom. The van der Waals surface area contributed by atoms with Gasteiger partial charge in [0.05, 0.1) is 17.8 Å². The van der Waals surface area contributed by atoms with Gasteiger partial charge in [0.15, 0.2) is 0 Å². The molecule has 0 unspecified atom stereocenters. The molecule has 2 aliphatic rings. The zero-order valence-corrected chi connectivity index (χ0v) is 16.6. The van der Waals surface area contributed by atoms with E-state index in [1.54, 1.807) is 17.0 Å². The topological polar surface area (TPSA) is 65.2 Å². The Morgan fingerprint density at radius 3 is 2.48 bits per heavy atom. The van der Waals surface area contributed by atoms with E-state index in [1.165, 1.54) is 18.2 Å². The highest BCUT2D eigenvalue weighted by Crippen LogP contribution is 2.48. The standard InChI is InChI=1S/C23H20F3N3O2/c24-15-3-1-12(2-4-15)21-20(17-9-16(25)10-18(26)22(17)28-21)13-7-14(8-13)23(31)29-6-5-27-19(30)11-29/h1-4,9-10,13-14,28H,5-8,11H2,(H,27,30)/t13-,14-. The molecule has 0 radical (unpaired) electrons. The number of carbonyl (C=O) groups excluding carboxylic acids is 2. The fraction of sp³-hybridized carbons (Fsp3) is 0.304. The van der Waals surface area contributed by atoms with Gasteiger partial charge in [0.25, 0.3) is 0 Å². The molecule has 2 fully saturated rings.